The molecule has 1 unspecified atom stereocenters. The Bertz CT molecular complexity index is 557. The number of aliphatic hydroxyl groups excluding tert-OH is 1. The fourth-order valence-corrected chi connectivity index (χ4v) is 2.16. The van der Waals surface area contributed by atoms with Crippen LogP contribution in [0.5, 0.6) is 0 Å². The maximum Gasteiger partial charge on any atom is 0.244 e. The Kier molecular flexibility index (Phi) is 4.54. The van der Waals surface area contributed by atoms with Gasteiger partial charge in [0.25, 0.3) is 0 Å². The number of carbonyl (C=O) groups excluding carboxylic acids is 1. The van der Waals surface area contributed by atoms with Crippen LogP contribution in [0.25, 0.3) is 6.08 Å². The number of hydrogen-bond donors (Lipinski definition) is 2. The average Bonchev–Trinajstić information content (AvgIpc) is 3.04. The summed E-state index contributed by atoms with van der Waals surface area (Å²) in [5, 5.41) is 16.3. The molecule has 0 aliphatic heterocycles. The van der Waals surface area contributed by atoms with E-state index in [1.165, 1.54) is 6.08 Å². The number of furan rings is 1. The Hall–Kier alpha value is -1.85. The molecule has 0 fully saturated rings. The van der Waals surface area contributed by atoms with Gasteiger partial charge in [-0.2, -0.15) is 11.3 Å². The third-order valence-electron chi connectivity index (χ3n) is 2.53. The second-order valence-corrected chi connectivity index (χ2v) is 4.88. The summed E-state index contributed by atoms with van der Waals surface area (Å²) in [6.07, 6.45) is 2.35. The molecule has 2 aromatic rings. The van der Waals surface area contributed by atoms with E-state index < -0.39 is 6.10 Å². The highest BCUT2D eigenvalue weighted by Crippen LogP contribution is 2.15. The van der Waals surface area contributed by atoms with Gasteiger partial charge in [-0.1, -0.05) is 0 Å². The van der Waals surface area contributed by atoms with Crippen molar-refractivity contribution in [2.24, 2.45) is 0 Å². The zero-order valence-electron chi connectivity index (χ0n) is 10.5. The number of amides is 1. The summed E-state index contributed by atoms with van der Waals surface area (Å²) in [5.41, 5.74) is 0.988. The largest absolute Gasteiger partial charge is 0.464 e. The van der Waals surface area contributed by atoms with E-state index in [0.29, 0.717) is 5.76 Å². The molecular formula is C14H15NO3S. The third kappa shape index (κ3) is 4.08. The average molecular weight is 277 g/mol. The second kappa shape index (κ2) is 6.36. The molecule has 1 amide bonds. The number of aliphatic hydroxyl groups is 1. The summed E-state index contributed by atoms with van der Waals surface area (Å²) in [6.45, 7) is 1.93. The minimum absolute atomic E-state index is 0.125. The van der Waals surface area contributed by atoms with E-state index in [9.17, 15) is 9.90 Å². The molecule has 0 bridgehead atoms. The molecule has 2 rings (SSSR count). The van der Waals surface area contributed by atoms with Gasteiger partial charge in [-0.3, -0.25) is 4.79 Å². The zero-order valence-corrected chi connectivity index (χ0v) is 11.3. The Balaban J connectivity index is 1.80. The van der Waals surface area contributed by atoms with Gasteiger partial charge >= 0.3 is 0 Å². The molecule has 0 saturated heterocycles. The molecule has 0 saturated carbocycles. The zero-order chi connectivity index (χ0) is 13.7. The van der Waals surface area contributed by atoms with Crippen LogP contribution in [0.4, 0.5) is 0 Å². The van der Waals surface area contributed by atoms with Gasteiger partial charge < -0.3 is 14.8 Å². The number of nitrogens with one attached hydrogen (secondary N) is 1. The Morgan fingerprint density at radius 1 is 1.53 bits per heavy atom. The molecule has 0 aromatic carbocycles. The molecule has 2 heterocycles. The van der Waals surface area contributed by atoms with Crippen molar-refractivity contribution in [3.63, 3.8) is 0 Å². The molecule has 0 spiro atoms. The van der Waals surface area contributed by atoms with Crippen molar-refractivity contribution in [3.8, 4) is 0 Å². The lowest BCUT2D eigenvalue weighted by Gasteiger charge is -2.07. The predicted octanol–water partition coefficient (Wildman–Crippen LogP) is 2.51. The topological polar surface area (TPSA) is 62.5 Å². The van der Waals surface area contributed by atoms with E-state index in [4.69, 9.17) is 4.42 Å². The summed E-state index contributed by atoms with van der Waals surface area (Å²) in [5.74, 6) is 0.950. The molecule has 0 aliphatic carbocycles. The predicted molar refractivity (Wildman–Crippen MR) is 74.8 cm³/mol. The van der Waals surface area contributed by atoms with Crippen molar-refractivity contribution in [2.45, 2.75) is 13.0 Å². The Labute approximate surface area is 115 Å². The first kappa shape index (κ1) is 13.6. The Morgan fingerprint density at radius 3 is 3.00 bits per heavy atom. The van der Waals surface area contributed by atoms with Crippen molar-refractivity contribution < 1.29 is 14.3 Å². The van der Waals surface area contributed by atoms with Crippen molar-refractivity contribution in [3.05, 3.63) is 52.1 Å². The van der Waals surface area contributed by atoms with Crippen LogP contribution < -0.4 is 5.32 Å². The fourth-order valence-electron chi connectivity index (χ4n) is 1.53. The molecule has 1 atom stereocenters. The van der Waals surface area contributed by atoms with Gasteiger partial charge in [0.2, 0.25) is 5.91 Å². The number of rotatable bonds is 5. The van der Waals surface area contributed by atoms with Gasteiger partial charge in [0.1, 0.15) is 17.6 Å². The van der Waals surface area contributed by atoms with E-state index >= 15 is 0 Å². The van der Waals surface area contributed by atoms with E-state index in [-0.39, 0.29) is 12.5 Å². The number of aryl methyl sites for hydroxylation is 1. The molecule has 0 aliphatic rings. The third-order valence-corrected chi connectivity index (χ3v) is 3.23. The quantitative estimate of drug-likeness (QED) is 0.825. The molecule has 2 aromatic heterocycles. The SMILES string of the molecule is Cc1ccc(C(O)CNC(=O)C=Cc2ccsc2)o1. The molecule has 5 heteroatoms. The van der Waals surface area contributed by atoms with Crippen LogP contribution >= 0.6 is 11.3 Å². The molecule has 19 heavy (non-hydrogen) atoms. The van der Waals surface area contributed by atoms with Crippen molar-refractivity contribution in [1.82, 2.24) is 5.32 Å². The maximum atomic E-state index is 11.5. The first-order chi connectivity index (χ1) is 9.15. The molecular weight excluding hydrogens is 262 g/mol. The van der Waals surface area contributed by atoms with Gasteiger partial charge in [-0.15, -0.1) is 0 Å². The van der Waals surface area contributed by atoms with Gasteiger partial charge in [0.05, 0.1) is 6.54 Å². The van der Waals surface area contributed by atoms with E-state index in [0.717, 1.165) is 11.3 Å². The number of thiophene rings is 1. The summed E-state index contributed by atoms with van der Waals surface area (Å²) in [4.78, 5) is 11.5. The minimum atomic E-state index is -0.827. The van der Waals surface area contributed by atoms with Crippen molar-refractivity contribution in [2.75, 3.05) is 6.54 Å². The number of hydrogen-bond acceptors (Lipinski definition) is 4. The lowest BCUT2D eigenvalue weighted by Crippen LogP contribution is -2.26. The maximum absolute atomic E-state index is 11.5. The standard InChI is InChI=1S/C14H15NO3S/c1-10-2-4-13(18-10)12(16)8-15-14(17)5-3-11-6-7-19-9-11/h2-7,9,12,16H,8H2,1H3,(H,15,17). The summed E-state index contributed by atoms with van der Waals surface area (Å²) in [6, 6.07) is 5.40. The highest BCUT2D eigenvalue weighted by molar-refractivity contribution is 7.08. The molecule has 0 radical (unpaired) electrons. The van der Waals surface area contributed by atoms with E-state index in [1.54, 1.807) is 36.5 Å². The highest BCUT2D eigenvalue weighted by Gasteiger charge is 2.11. The summed E-state index contributed by atoms with van der Waals surface area (Å²) < 4.78 is 5.28. The van der Waals surface area contributed by atoms with Gasteiger partial charge in [0, 0.05) is 6.08 Å². The van der Waals surface area contributed by atoms with Gasteiger partial charge in [-0.05, 0) is 47.5 Å². The lowest BCUT2D eigenvalue weighted by molar-refractivity contribution is -0.116. The fraction of sp³-hybridized carbons (Fsp3) is 0.214. The Morgan fingerprint density at radius 2 is 2.37 bits per heavy atom. The second-order valence-electron chi connectivity index (χ2n) is 4.10. The van der Waals surface area contributed by atoms with Crippen LogP contribution in [0.3, 0.4) is 0 Å². The van der Waals surface area contributed by atoms with E-state index in [2.05, 4.69) is 5.32 Å². The molecule has 100 valence electrons. The monoisotopic (exact) mass is 277 g/mol. The van der Waals surface area contributed by atoms with Crippen LogP contribution in [0.15, 0.2) is 39.5 Å². The van der Waals surface area contributed by atoms with Crippen LogP contribution in [-0.4, -0.2) is 17.6 Å². The summed E-state index contributed by atoms with van der Waals surface area (Å²) >= 11 is 1.57. The van der Waals surface area contributed by atoms with Crippen molar-refractivity contribution >= 4 is 23.3 Å². The smallest absolute Gasteiger partial charge is 0.244 e. The van der Waals surface area contributed by atoms with Gasteiger partial charge in [0.15, 0.2) is 0 Å². The molecule has 2 N–H and O–H groups in total. The van der Waals surface area contributed by atoms with Crippen LogP contribution in [0.1, 0.15) is 23.2 Å². The minimum Gasteiger partial charge on any atom is -0.464 e. The molecule has 4 nitrogen and oxygen atoms in total. The highest BCUT2D eigenvalue weighted by atomic mass is 32.1. The van der Waals surface area contributed by atoms with Crippen LogP contribution in [0, 0.1) is 6.92 Å². The summed E-state index contributed by atoms with van der Waals surface area (Å²) in [7, 11) is 0. The first-order valence-electron chi connectivity index (χ1n) is 5.87. The van der Waals surface area contributed by atoms with Crippen molar-refractivity contribution in [1.29, 1.82) is 0 Å². The van der Waals surface area contributed by atoms with Crippen LogP contribution in [-0.2, 0) is 4.79 Å². The van der Waals surface area contributed by atoms with E-state index in [1.807, 2.05) is 16.8 Å². The first-order valence-corrected chi connectivity index (χ1v) is 6.82. The lowest BCUT2D eigenvalue weighted by atomic mass is 10.2. The number of carbonyl (C=O) groups is 1. The van der Waals surface area contributed by atoms with Gasteiger partial charge in [-0.25, -0.2) is 0 Å². The normalized spacial score (nSPS) is 12.7. The van der Waals surface area contributed by atoms with Crippen LogP contribution in [0.2, 0.25) is 0 Å².